The van der Waals surface area contributed by atoms with Gasteiger partial charge in [-0.05, 0) is 47.4 Å². The van der Waals surface area contributed by atoms with E-state index >= 15 is 0 Å². The molecule has 114 valence electrons. The van der Waals surface area contributed by atoms with Crippen molar-refractivity contribution in [2.75, 3.05) is 10.6 Å². The zero-order valence-electron chi connectivity index (χ0n) is 13.0. The van der Waals surface area contributed by atoms with E-state index in [4.69, 9.17) is 0 Å². The first-order valence-corrected chi connectivity index (χ1v) is 7.12. The fourth-order valence-electron chi connectivity index (χ4n) is 2.04. The van der Waals surface area contributed by atoms with Crippen molar-refractivity contribution in [1.29, 1.82) is 0 Å². The molecule has 0 heterocycles. The van der Waals surface area contributed by atoms with Crippen molar-refractivity contribution in [3.05, 3.63) is 59.7 Å². The number of benzene rings is 2. The van der Waals surface area contributed by atoms with Crippen molar-refractivity contribution in [2.45, 2.75) is 26.2 Å². The summed E-state index contributed by atoms with van der Waals surface area (Å²) in [5.74, 6) is -0.156. The average molecular weight is 296 g/mol. The molecule has 0 atom stereocenters. The molecule has 0 radical (unpaired) electrons. The maximum absolute atomic E-state index is 12.2. The molecule has 2 aromatic carbocycles. The van der Waals surface area contributed by atoms with Gasteiger partial charge in [0.05, 0.1) is 0 Å². The largest absolute Gasteiger partial charge is 0.329 e. The molecule has 2 N–H and O–H groups in total. The van der Waals surface area contributed by atoms with Gasteiger partial charge in [-0.15, -0.1) is 0 Å². The molecule has 4 heteroatoms. The molecule has 0 bridgehead atoms. The van der Waals surface area contributed by atoms with Gasteiger partial charge in [-0.25, -0.2) is 0 Å². The van der Waals surface area contributed by atoms with Gasteiger partial charge in [0, 0.05) is 16.9 Å². The summed E-state index contributed by atoms with van der Waals surface area (Å²) in [4.78, 5) is 22.5. The zero-order chi connectivity index (χ0) is 16.2. The highest BCUT2D eigenvalue weighted by Crippen LogP contribution is 2.22. The number of anilines is 2. The number of amides is 2. The molecule has 0 aliphatic rings. The van der Waals surface area contributed by atoms with Gasteiger partial charge in [0.15, 0.2) is 0 Å². The summed E-state index contributed by atoms with van der Waals surface area (Å²) in [5.41, 5.74) is 3.23. The Morgan fingerprint density at radius 3 is 1.95 bits per heavy atom. The normalized spacial score (nSPS) is 10.9. The molecular formula is C18H20N2O2. The molecule has 0 aliphatic heterocycles. The maximum atomic E-state index is 12.2. The van der Waals surface area contributed by atoms with Crippen LogP contribution in [0.15, 0.2) is 48.5 Å². The quantitative estimate of drug-likeness (QED) is 0.843. The minimum atomic E-state index is -0.156. The van der Waals surface area contributed by atoms with Crippen LogP contribution in [-0.2, 0) is 10.2 Å². The lowest BCUT2D eigenvalue weighted by molar-refractivity contribution is -0.105. The lowest BCUT2D eigenvalue weighted by atomic mass is 9.87. The highest BCUT2D eigenvalue weighted by molar-refractivity contribution is 6.04. The fourth-order valence-corrected chi connectivity index (χ4v) is 2.04. The van der Waals surface area contributed by atoms with Gasteiger partial charge >= 0.3 is 0 Å². The van der Waals surface area contributed by atoms with Crippen LogP contribution in [0.3, 0.4) is 0 Å². The van der Waals surface area contributed by atoms with Crippen molar-refractivity contribution in [3.63, 3.8) is 0 Å². The lowest BCUT2D eigenvalue weighted by Gasteiger charge is -2.19. The molecular weight excluding hydrogens is 276 g/mol. The Morgan fingerprint density at radius 2 is 1.45 bits per heavy atom. The summed E-state index contributed by atoms with van der Waals surface area (Å²) in [7, 11) is 0. The third-order valence-electron chi connectivity index (χ3n) is 3.38. The number of rotatable bonds is 4. The van der Waals surface area contributed by atoms with Gasteiger partial charge < -0.3 is 10.6 Å². The number of hydrogen-bond donors (Lipinski definition) is 2. The third-order valence-corrected chi connectivity index (χ3v) is 3.38. The molecule has 0 unspecified atom stereocenters. The number of carbonyl (C=O) groups is 2. The second-order valence-electron chi connectivity index (χ2n) is 6.12. The minimum absolute atomic E-state index is 0.0659. The molecule has 0 aromatic heterocycles. The Bertz CT molecular complexity index is 653. The van der Waals surface area contributed by atoms with E-state index in [0.29, 0.717) is 23.3 Å². The van der Waals surface area contributed by atoms with E-state index in [9.17, 15) is 9.59 Å². The van der Waals surface area contributed by atoms with Crippen molar-refractivity contribution in [2.24, 2.45) is 0 Å². The van der Waals surface area contributed by atoms with Crippen LogP contribution in [0, 0.1) is 0 Å². The number of nitrogens with one attached hydrogen (secondary N) is 2. The van der Waals surface area contributed by atoms with Gasteiger partial charge in [-0.1, -0.05) is 32.9 Å². The highest BCUT2D eigenvalue weighted by Gasteiger charge is 2.14. The monoisotopic (exact) mass is 296 g/mol. The van der Waals surface area contributed by atoms with E-state index in [1.807, 2.05) is 24.3 Å². The van der Waals surface area contributed by atoms with E-state index in [1.165, 1.54) is 5.56 Å². The maximum Gasteiger partial charge on any atom is 0.255 e. The van der Waals surface area contributed by atoms with E-state index in [2.05, 4.69) is 31.4 Å². The predicted molar refractivity (Wildman–Crippen MR) is 89.2 cm³/mol. The predicted octanol–water partition coefficient (Wildman–Crippen LogP) is 3.80. The molecule has 2 amide bonds. The second-order valence-corrected chi connectivity index (χ2v) is 6.12. The van der Waals surface area contributed by atoms with Gasteiger partial charge in [-0.3, -0.25) is 9.59 Å². The van der Waals surface area contributed by atoms with Crippen molar-refractivity contribution < 1.29 is 9.59 Å². The van der Waals surface area contributed by atoms with E-state index in [-0.39, 0.29) is 11.3 Å². The van der Waals surface area contributed by atoms with E-state index in [1.54, 1.807) is 24.3 Å². The standard InChI is InChI=1S/C18H20N2O2/c1-18(2,3)14-6-4-13(5-7-14)17(22)20-16-10-8-15(9-11-16)19-12-21/h4-12H,1-3H3,(H,19,21)(H,20,22). The summed E-state index contributed by atoms with van der Waals surface area (Å²) in [5, 5.41) is 5.38. The first-order valence-electron chi connectivity index (χ1n) is 7.12. The SMILES string of the molecule is CC(C)(C)c1ccc(C(=O)Nc2ccc(NC=O)cc2)cc1. The van der Waals surface area contributed by atoms with Crippen LogP contribution in [-0.4, -0.2) is 12.3 Å². The minimum Gasteiger partial charge on any atom is -0.329 e. The smallest absolute Gasteiger partial charge is 0.255 e. The number of carbonyl (C=O) groups excluding carboxylic acids is 2. The first-order chi connectivity index (χ1) is 10.4. The Labute approximate surface area is 130 Å². The van der Waals surface area contributed by atoms with Crippen LogP contribution < -0.4 is 10.6 Å². The Kier molecular flexibility index (Phi) is 4.61. The summed E-state index contributed by atoms with van der Waals surface area (Å²) in [6, 6.07) is 14.6. The molecule has 22 heavy (non-hydrogen) atoms. The summed E-state index contributed by atoms with van der Waals surface area (Å²) in [6.07, 6.45) is 0.615. The molecule has 0 saturated heterocycles. The van der Waals surface area contributed by atoms with Crippen molar-refractivity contribution in [1.82, 2.24) is 0 Å². The molecule has 0 fully saturated rings. The van der Waals surface area contributed by atoms with Crippen LogP contribution in [0.25, 0.3) is 0 Å². The Balaban J connectivity index is 2.07. The molecule has 2 aromatic rings. The van der Waals surface area contributed by atoms with E-state index in [0.717, 1.165) is 0 Å². The topological polar surface area (TPSA) is 58.2 Å². The first kappa shape index (κ1) is 15.8. The Hall–Kier alpha value is -2.62. The highest BCUT2D eigenvalue weighted by atomic mass is 16.1. The fraction of sp³-hybridized carbons (Fsp3) is 0.222. The van der Waals surface area contributed by atoms with Crippen LogP contribution in [0.2, 0.25) is 0 Å². The lowest BCUT2D eigenvalue weighted by Crippen LogP contribution is -2.14. The van der Waals surface area contributed by atoms with Crippen molar-refractivity contribution in [3.8, 4) is 0 Å². The van der Waals surface area contributed by atoms with Gasteiger partial charge in [0.25, 0.3) is 5.91 Å². The molecule has 2 rings (SSSR count). The van der Waals surface area contributed by atoms with Gasteiger partial charge in [0.2, 0.25) is 6.41 Å². The zero-order valence-corrected chi connectivity index (χ0v) is 13.0. The summed E-state index contributed by atoms with van der Waals surface area (Å²) >= 11 is 0. The molecule has 4 nitrogen and oxygen atoms in total. The molecule has 0 spiro atoms. The summed E-state index contributed by atoms with van der Waals surface area (Å²) < 4.78 is 0. The summed E-state index contributed by atoms with van der Waals surface area (Å²) in [6.45, 7) is 6.41. The van der Waals surface area contributed by atoms with Crippen LogP contribution >= 0.6 is 0 Å². The second kappa shape index (κ2) is 6.43. The van der Waals surface area contributed by atoms with Gasteiger partial charge in [0.1, 0.15) is 0 Å². The average Bonchev–Trinajstić information content (AvgIpc) is 2.49. The van der Waals surface area contributed by atoms with Crippen LogP contribution in [0.4, 0.5) is 11.4 Å². The van der Waals surface area contributed by atoms with Crippen molar-refractivity contribution >= 4 is 23.7 Å². The Morgan fingerprint density at radius 1 is 0.909 bits per heavy atom. The molecule has 0 aliphatic carbocycles. The van der Waals surface area contributed by atoms with Crippen LogP contribution in [0.5, 0.6) is 0 Å². The third kappa shape index (κ3) is 3.95. The number of hydrogen-bond acceptors (Lipinski definition) is 2. The van der Waals surface area contributed by atoms with Gasteiger partial charge in [-0.2, -0.15) is 0 Å². The van der Waals surface area contributed by atoms with Crippen LogP contribution in [0.1, 0.15) is 36.7 Å². The molecule has 0 saturated carbocycles. The van der Waals surface area contributed by atoms with E-state index < -0.39 is 0 Å².